The summed E-state index contributed by atoms with van der Waals surface area (Å²) < 4.78 is 5.65. The fraction of sp³-hybridized carbons (Fsp3) is 0.652. The van der Waals surface area contributed by atoms with E-state index < -0.39 is 0 Å². The summed E-state index contributed by atoms with van der Waals surface area (Å²) in [6, 6.07) is 7.86. The first-order valence-electron chi connectivity index (χ1n) is 11.1. The molecule has 2 heterocycles. The van der Waals surface area contributed by atoms with E-state index in [0.717, 1.165) is 62.7 Å². The molecule has 1 amide bonds. The molecule has 7 nitrogen and oxygen atoms in total. The summed E-state index contributed by atoms with van der Waals surface area (Å²) in [6.45, 7) is 5.71. The molecule has 0 unspecified atom stereocenters. The summed E-state index contributed by atoms with van der Waals surface area (Å²) in [5.41, 5.74) is 2.04. The monoisotopic (exact) mass is 415 g/mol. The van der Waals surface area contributed by atoms with E-state index in [1.807, 2.05) is 25.2 Å². The van der Waals surface area contributed by atoms with Gasteiger partial charge in [0.05, 0.1) is 0 Å². The molecule has 0 spiro atoms. The van der Waals surface area contributed by atoms with Gasteiger partial charge in [-0.3, -0.25) is 14.7 Å². The molecular formula is C23H37N5O2. The molecule has 3 rings (SSSR count). The van der Waals surface area contributed by atoms with Crippen LogP contribution in [0.3, 0.4) is 0 Å². The number of nitrogens with one attached hydrogen (secondary N) is 2. The summed E-state index contributed by atoms with van der Waals surface area (Å²) in [5.74, 6) is 0.867. The zero-order valence-electron chi connectivity index (χ0n) is 18.7. The highest BCUT2D eigenvalue weighted by atomic mass is 16.5. The standard InChI is InChI=1S/C23H37N5O2/c1-24-22(25-12-9-19-7-6-8-20(17-19)21(29)27(2)3)26-18-23(10-15-30-16-11-23)28-13-4-5-14-28/h6-8,17H,4-5,9-16,18H2,1-3H3,(H2,24,25,26). The lowest BCUT2D eigenvalue weighted by atomic mass is 9.88. The smallest absolute Gasteiger partial charge is 0.253 e. The van der Waals surface area contributed by atoms with Gasteiger partial charge in [-0.1, -0.05) is 12.1 Å². The zero-order chi connectivity index (χ0) is 21.4. The first-order valence-corrected chi connectivity index (χ1v) is 11.1. The molecule has 166 valence electrons. The number of carbonyl (C=O) groups is 1. The van der Waals surface area contributed by atoms with E-state index in [4.69, 9.17) is 4.74 Å². The van der Waals surface area contributed by atoms with Crippen molar-refractivity contribution >= 4 is 11.9 Å². The van der Waals surface area contributed by atoms with Gasteiger partial charge < -0.3 is 20.3 Å². The first kappa shape index (κ1) is 22.6. The van der Waals surface area contributed by atoms with Crippen LogP contribution >= 0.6 is 0 Å². The number of rotatable bonds is 7. The van der Waals surface area contributed by atoms with Crippen molar-refractivity contribution in [2.24, 2.45) is 4.99 Å². The Morgan fingerprint density at radius 1 is 1.20 bits per heavy atom. The molecule has 2 fully saturated rings. The van der Waals surface area contributed by atoms with Crippen LogP contribution in [0.4, 0.5) is 0 Å². The van der Waals surface area contributed by atoms with Gasteiger partial charge in [-0.2, -0.15) is 0 Å². The second kappa shape index (κ2) is 10.8. The van der Waals surface area contributed by atoms with Gasteiger partial charge >= 0.3 is 0 Å². The Labute approximate surface area is 180 Å². The van der Waals surface area contributed by atoms with Crippen LogP contribution in [0, 0.1) is 0 Å². The van der Waals surface area contributed by atoms with Gasteiger partial charge in [-0.25, -0.2) is 0 Å². The second-order valence-electron chi connectivity index (χ2n) is 8.53. The fourth-order valence-electron chi connectivity index (χ4n) is 4.46. The van der Waals surface area contributed by atoms with Crippen molar-refractivity contribution in [1.82, 2.24) is 20.4 Å². The number of hydrogen-bond acceptors (Lipinski definition) is 4. The maximum Gasteiger partial charge on any atom is 0.253 e. The Balaban J connectivity index is 1.51. The van der Waals surface area contributed by atoms with Gasteiger partial charge in [0.2, 0.25) is 0 Å². The quantitative estimate of drug-likeness (QED) is 0.524. The molecule has 1 aromatic rings. The summed E-state index contributed by atoms with van der Waals surface area (Å²) in [4.78, 5) is 20.8. The van der Waals surface area contributed by atoms with Crippen molar-refractivity contribution in [1.29, 1.82) is 0 Å². The van der Waals surface area contributed by atoms with Gasteiger partial charge in [-0.15, -0.1) is 0 Å². The first-order chi connectivity index (χ1) is 14.5. The van der Waals surface area contributed by atoms with Crippen LogP contribution in [0.15, 0.2) is 29.3 Å². The second-order valence-corrected chi connectivity index (χ2v) is 8.53. The topological polar surface area (TPSA) is 69.2 Å². The van der Waals surface area contributed by atoms with Crippen molar-refractivity contribution < 1.29 is 9.53 Å². The highest BCUT2D eigenvalue weighted by molar-refractivity contribution is 5.94. The van der Waals surface area contributed by atoms with E-state index in [0.29, 0.717) is 0 Å². The van der Waals surface area contributed by atoms with E-state index >= 15 is 0 Å². The molecule has 0 aliphatic carbocycles. The number of amides is 1. The van der Waals surface area contributed by atoms with Crippen LogP contribution in [0.2, 0.25) is 0 Å². The van der Waals surface area contributed by atoms with Crippen molar-refractivity contribution in [3.05, 3.63) is 35.4 Å². The zero-order valence-corrected chi connectivity index (χ0v) is 18.7. The van der Waals surface area contributed by atoms with E-state index in [1.54, 1.807) is 19.0 Å². The van der Waals surface area contributed by atoms with Crippen molar-refractivity contribution in [3.8, 4) is 0 Å². The number of likely N-dealkylation sites (tertiary alicyclic amines) is 1. The third kappa shape index (κ3) is 5.73. The van der Waals surface area contributed by atoms with Crippen LogP contribution < -0.4 is 10.6 Å². The summed E-state index contributed by atoms with van der Waals surface area (Å²) >= 11 is 0. The third-order valence-corrected chi connectivity index (χ3v) is 6.30. The highest BCUT2D eigenvalue weighted by Crippen LogP contribution is 2.30. The summed E-state index contributed by atoms with van der Waals surface area (Å²) in [6.07, 6.45) is 5.57. The van der Waals surface area contributed by atoms with E-state index in [1.165, 1.54) is 25.9 Å². The number of nitrogens with zero attached hydrogens (tertiary/aromatic N) is 3. The minimum atomic E-state index is 0.0333. The van der Waals surface area contributed by atoms with Gasteiger partial charge in [0.1, 0.15) is 0 Å². The number of aliphatic imine (C=N–C) groups is 1. The minimum Gasteiger partial charge on any atom is -0.381 e. The van der Waals surface area contributed by atoms with Crippen LogP contribution in [-0.4, -0.2) is 87.7 Å². The molecular weight excluding hydrogens is 378 g/mol. The largest absolute Gasteiger partial charge is 0.381 e. The molecule has 30 heavy (non-hydrogen) atoms. The minimum absolute atomic E-state index is 0.0333. The number of hydrogen-bond donors (Lipinski definition) is 2. The number of guanidine groups is 1. The van der Waals surface area contributed by atoms with Gasteiger partial charge in [0.15, 0.2) is 5.96 Å². The maximum absolute atomic E-state index is 12.2. The predicted octanol–water partition coefficient (Wildman–Crippen LogP) is 1.74. The Bertz CT molecular complexity index is 722. The molecule has 2 aliphatic rings. The molecule has 2 N–H and O–H groups in total. The van der Waals surface area contributed by atoms with Gasteiger partial charge in [0, 0.05) is 58.5 Å². The average molecular weight is 416 g/mol. The van der Waals surface area contributed by atoms with Crippen LogP contribution in [0.25, 0.3) is 0 Å². The molecule has 0 saturated carbocycles. The molecule has 0 aromatic heterocycles. The molecule has 0 radical (unpaired) electrons. The lowest BCUT2D eigenvalue weighted by molar-refractivity contribution is -0.0164. The molecule has 0 atom stereocenters. The Hall–Kier alpha value is -2.12. The number of carbonyl (C=O) groups excluding carboxylic acids is 1. The van der Waals surface area contributed by atoms with Gasteiger partial charge in [-0.05, 0) is 62.9 Å². The number of benzene rings is 1. The van der Waals surface area contributed by atoms with Crippen molar-refractivity contribution in [2.45, 2.75) is 37.6 Å². The molecule has 1 aromatic carbocycles. The molecule has 2 aliphatic heterocycles. The Kier molecular flexibility index (Phi) is 8.10. The molecule has 0 bridgehead atoms. The maximum atomic E-state index is 12.2. The SMILES string of the molecule is CN=C(NCCc1cccc(C(=O)N(C)C)c1)NCC1(N2CCCC2)CCOCC1. The lowest BCUT2D eigenvalue weighted by Crippen LogP contribution is -2.58. The van der Waals surface area contributed by atoms with Crippen molar-refractivity contribution in [2.75, 3.05) is 60.5 Å². The fourth-order valence-corrected chi connectivity index (χ4v) is 4.46. The Morgan fingerprint density at radius 3 is 2.60 bits per heavy atom. The molecule has 2 saturated heterocycles. The highest BCUT2D eigenvalue weighted by Gasteiger charge is 2.39. The summed E-state index contributed by atoms with van der Waals surface area (Å²) in [7, 11) is 5.37. The van der Waals surface area contributed by atoms with Crippen LogP contribution in [0.5, 0.6) is 0 Å². The van der Waals surface area contributed by atoms with E-state index in [2.05, 4.69) is 26.6 Å². The van der Waals surface area contributed by atoms with Crippen LogP contribution in [-0.2, 0) is 11.2 Å². The Morgan fingerprint density at radius 2 is 1.93 bits per heavy atom. The lowest BCUT2D eigenvalue weighted by Gasteiger charge is -2.45. The van der Waals surface area contributed by atoms with Gasteiger partial charge in [0.25, 0.3) is 5.91 Å². The normalized spacial score (nSPS) is 19.5. The third-order valence-electron chi connectivity index (χ3n) is 6.30. The number of ether oxygens (including phenoxy) is 1. The average Bonchev–Trinajstić information content (AvgIpc) is 3.32. The molecule has 7 heteroatoms. The summed E-state index contributed by atoms with van der Waals surface area (Å²) in [5, 5.41) is 7.00. The van der Waals surface area contributed by atoms with E-state index in [-0.39, 0.29) is 11.4 Å². The van der Waals surface area contributed by atoms with Crippen LogP contribution in [0.1, 0.15) is 41.6 Å². The van der Waals surface area contributed by atoms with Crippen molar-refractivity contribution in [3.63, 3.8) is 0 Å². The van der Waals surface area contributed by atoms with E-state index in [9.17, 15) is 4.79 Å². The predicted molar refractivity (Wildman–Crippen MR) is 121 cm³/mol.